The third-order valence-electron chi connectivity index (χ3n) is 2.37. The molecule has 0 fully saturated rings. The number of non-ortho nitro benzene ring substituents is 1. The third-order valence-corrected chi connectivity index (χ3v) is 2.37. The monoisotopic (exact) mass is 276 g/mol. The van der Waals surface area contributed by atoms with Gasteiger partial charge in [-0.2, -0.15) is 0 Å². The summed E-state index contributed by atoms with van der Waals surface area (Å²) in [6.07, 6.45) is 4.69. The number of rotatable bonds is 6. The predicted molar refractivity (Wildman–Crippen MR) is 75.9 cm³/mol. The fraction of sp³-hybridized carbons (Fsp3) is 0.214. The van der Waals surface area contributed by atoms with Crippen molar-refractivity contribution in [2.24, 2.45) is 0 Å². The zero-order chi connectivity index (χ0) is 15.0. The number of hydrogen-bond acceptors (Lipinski definition) is 4. The van der Waals surface area contributed by atoms with Crippen molar-refractivity contribution in [2.75, 3.05) is 13.7 Å². The molecule has 0 heterocycles. The SMILES string of the molecule is CCOC(/C=C/c1ccc([N+](=O)[O-])cc1)=C/C(=O)NC. The van der Waals surface area contributed by atoms with Crippen LogP contribution in [0.25, 0.3) is 6.08 Å². The van der Waals surface area contributed by atoms with Gasteiger partial charge in [-0.25, -0.2) is 0 Å². The van der Waals surface area contributed by atoms with Crippen LogP contribution in [0.2, 0.25) is 0 Å². The van der Waals surface area contributed by atoms with E-state index in [1.165, 1.54) is 25.3 Å². The van der Waals surface area contributed by atoms with Crippen LogP contribution < -0.4 is 5.32 Å². The molecule has 0 bridgehead atoms. The third kappa shape index (κ3) is 4.93. The summed E-state index contributed by atoms with van der Waals surface area (Å²) >= 11 is 0. The summed E-state index contributed by atoms with van der Waals surface area (Å²) in [6, 6.07) is 6.08. The molecule has 0 spiro atoms. The van der Waals surface area contributed by atoms with Crippen LogP contribution in [0.4, 0.5) is 5.69 Å². The van der Waals surface area contributed by atoms with E-state index in [0.29, 0.717) is 12.4 Å². The molecule has 1 amide bonds. The minimum absolute atomic E-state index is 0.0353. The molecule has 1 aromatic carbocycles. The van der Waals surface area contributed by atoms with Crippen LogP contribution in [-0.2, 0) is 9.53 Å². The molecule has 0 aliphatic heterocycles. The molecule has 0 aromatic heterocycles. The molecule has 0 radical (unpaired) electrons. The fourth-order valence-corrected chi connectivity index (χ4v) is 1.39. The molecule has 6 heteroatoms. The second-order valence-electron chi connectivity index (χ2n) is 3.78. The molecule has 0 saturated heterocycles. The van der Waals surface area contributed by atoms with Gasteiger partial charge >= 0.3 is 0 Å². The average molecular weight is 276 g/mol. The van der Waals surface area contributed by atoms with Gasteiger partial charge in [0, 0.05) is 25.3 Å². The number of amides is 1. The van der Waals surface area contributed by atoms with Crippen molar-refractivity contribution >= 4 is 17.7 Å². The first-order valence-electron chi connectivity index (χ1n) is 6.05. The van der Waals surface area contributed by atoms with E-state index >= 15 is 0 Å². The topological polar surface area (TPSA) is 81.5 Å². The lowest BCUT2D eigenvalue weighted by atomic mass is 10.2. The Bertz CT molecular complexity index is 533. The van der Waals surface area contributed by atoms with Gasteiger partial charge in [-0.15, -0.1) is 0 Å². The first-order chi connectivity index (χ1) is 9.56. The highest BCUT2D eigenvalue weighted by molar-refractivity contribution is 5.88. The van der Waals surface area contributed by atoms with Crippen molar-refractivity contribution in [3.63, 3.8) is 0 Å². The molecule has 0 aliphatic rings. The van der Waals surface area contributed by atoms with E-state index in [4.69, 9.17) is 4.74 Å². The van der Waals surface area contributed by atoms with E-state index in [9.17, 15) is 14.9 Å². The largest absolute Gasteiger partial charge is 0.494 e. The molecule has 0 aliphatic carbocycles. The zero-order valence-electron chi connectivity index (χ0n) is 11.3. The van der Waals surface area contributed by atoms with Crippen LogP contribution in [0.5, 0.6) is 0 Å². The van der Waals surface area contributed by atoms with Crippen molar-refractivity contribution in [1.82, 2.24) is 5.32 Å². The number of hydrogen-bond donors (Lipinski definition) is 1. The molecular weight excluding hydrogens is 260 g/mol. The van der Waals surface area contributed by atoms with Gasteiger partial charge in [0.25, 0.3) is 5.69 Å². The number of ether oxygens (including phenoxy) is 1. The van der Waals surface area contributed by atoms with Crippen LogP contribution in [0, 0.1) is 10.1 Å². The van der Waals surface area contributed by atoms with Crippen molar-refractivity contribution in [2.45, 2.75) is 6.92 Å². The molecule has 0 saturated carbocycles. The highest BCUT2D eigenvalue weighted by atomic mass is 16.6. The molecular formula is C14H16N2O4. The molecule has 1 N–H and O–H groups in total. The van der Waals surface area contributed by atoms with Gasteiger partial charge in [-0.05, 0) is 30.7 Å². The van der Waals surface area contributed by atoms with E-state index in [2.05, 4.69) is 5.32 Å². The van der Waals surface area contributed by atoms with E-state index in [1.807, 2.05) is 6.92 Å². The lowest BCUT2D eigenvalue weighted by molar-refractivity contribution is -0.384. The smallest absolute Gasteiger partial charge is 0.269 e. The summed E-state index contributed by atoms with van der Waals surface area (Å²) in [5.41, 5.74) is 0.811. The van der Waals surface area contributed by atoms with Crippen molar-refractivity contribution in [3.05, 3.63) is 57.9 Å². The molecule has 6 nitrogen and oxygen atoms in total. The molecule has 0 atom stereocenters. The zero-order valence-corrected chi connectivity index (χ0v) is 11.3. The summed E-state index contributed by atoms with van der Waals surface area (Å²) in [5.74, 6) is 0.159. The Hall–Kier alpha value is -2.63. The minimum atomic E-state index is -0.454. The van der Waals surface area contributed by atoms with Gasteiger partial charge in [-0.3, -0.25) is 14.9 Å². The van der Waals surface area contributed by atoms with E-state index in [0.717, 1.165) is 5.56 Å². The van der Waals surface area contributed by atoms with E-state index in [1.54, 1.807) is 24.3 Å². The van der Waals surface area contributed by atoms with Gasteiger partial charge < -0.3 is 10.1 Å². The molecule has 106 valence electrons. The number of nitrogens with zero attached hydrogens (tertiary/aromatic N) is 1. The van der Waals surface area contributed by atoms with Gasteiger partial charge in [0.05, 0.1) is 11.5 Å². The average Bonchev–Trinajstić information content (AvgIpc) is 2.45. The number of likely N-dealkylation sites (N-methyl/N-ethyl adjacent to an activating group) is 1. The van der Waals surface area contributed by atoms with E-state index in [-0.39, 0.29) is 11.6 Å². The van der Waals surface area contributed by atoms with Crippen molar-refractivity contribution < 1.29 is 14.5 Å². The second-order valence-corrected chi connectivity index (χ2v) is 3.78. The number of allylic oxidation sites excluding steroid dienone is 1. The molecule has 20 heavy (non-hydrogen) atoms. The Morgan fingerprint density at radius 2 is 2.05 bits per heavy atom. The maximum absolute atomic E-state index is 11.3. The van der Waals surface area contributed by atoms with Gasteiger partial charge in [0.2, 0.25) is 5.91 Å². The summed E-state index contributed by atoms with van der Waals surface area (Å²) < 4.78 is 5.30. The first-order valence-corrected chi connectivity index (χ1v) is 6.05. The maximum atomic E-state index is 11.3. The Morgan fingerprint density at radius 3 is 2.55 bits per heavy atom. The standard InChI is InChI=1S/C14H16N2O4/c1-3-20-13(10-14(17)15-2)9-6-11-4-7-12(8-5-11)16(18)19/h4-10H,3H2,1-2H3,(H,15,17)/b9-6+,13-10+. The quantitative estimate of drug-likeness (QED) is 0.284. The molecule has 1 aromatic rings. The number of nitrogens with one attached hydrogen (secondary N) is 1. The summed E-state index contributed by atoms with van der Waals surface area (Å²) in [7, 11) is 1.53. The number of nitro benzene ring substituents is 1. The Morgan fingerprint density at radius 1 is 1.40 bits per heavy atom. The maximum Gasteiger partial charge on any atom is 0.269 e. The van der Waals surface area contributed by atoms with Crippen LogP contribution in [0.3, 0.4) is 0 Å². The number of nitro groups is 1. The highest BCUT2D eigenvalue weighted by Gasteiger charge is 2.02. The van der Waals surface area contributed by atoms with Crippen molar-refractivity contribution in [1.29, 1.82) is 0 Å². The molecule has 1 rings (SSSR count). The van der Waals surface area contributed by atoms with Crippen LogP contribution in [0.15, 0.2) is 42.2 Å². The number of carbonyl (C=O) groups excluding carboxylic acids is 1. The van der Waals surface area contributed by atoms with Gasteiger partial charge in [-0.1, -0.05) is 6.08 Å². The fourth-order valence-electron chi connectivity index (χ4n) is 1.39. The summed E-state index contributed by atoms with van der Waals surface area (Å²) in [4.78, 5) is 21.3. The van der Waals surface area contributed by atoms with Crippen LogP contribution in [-0.4, -0.2) is 24.5 Å². The lowest BCUT2D eigenvalue weighted by Crippen LogP contribution is -2.15. The Kier molecular flexibility index (Phi) is 5.96. The van der Waals surface area contributed by atoms with Gasteiger partial charge in [0.1, 0.15) is 5.76 Å². The van der Waals surface area contributed by atoms with Crippen molar-refractivity contribution in [3.8, 4) is 0 Å². The van der Waals surface area contributed by atoms with Crippen LogP contribution in [0.1, 0.15) is 12.5 Å². The minimum Gasteiger partial charge on any atom is -0.494 e. The normalized spacial score (nSPS) is 11.4. The Labute approximate surface area is 116 Å². The second kappa shape index (κ2) is 7.73. The van der Waals surface area contributed by atoms with Crippen LogP contribution >= 0.6 is 0 Å². The predicted octanol–water partition coefficient (Wildman–Crippen LogP) is 2.27. The number of benzene rings is 1. The summed E-state index contributed by atoms with van der Waals surface area (Å²) in [5, 5.41) is 13.0. The first kappa shape index (κ1) is 15.4. The van der Waals surface area contributed by atoms with E-state index < -0.39 is 4.92 Å². The lowest BCUT2D eigenvalue weighted by Gasteiger charge is -2.03. The highest BCUT2D eigenvalue weighted by Crippen LogP contribution is 2.13. The molecule has 0 unspecified atom stereocenters. The summed E-state index contributed by atoms with van der Waals surface area (Å²) in [6.45, 7) is 2.25. The number of carbonyl (C=O) groups is 1. The Balaban J connectivity index is 2.84. The van der Waals surface area contributed by atoms with Gasteiger partial charge in [0.15, 0.2) is 0 Å².